The molecular weight excluding hydrogens is 248 g/mol. The minimum Gasteiger partial charge on any atom is -0.348 e. The van der Waals surface area contributed by atoms with Gasteiger partial charge in [0, 0.05) is 12.1 Å². The summed E-state index contributed by atoms with van der Waals surface area (Å²) in [4.78, 5) is 11.7. The second-order valence-corrected chi connectivity index (χ2v) is 4.30. The summed E-state index contributed by atoms with van der Waals surface area (Å²) in [5.74, 6) is -2.42. The van der Waals surface area contributed by atoms with Gasteiger partial charge in [0.25, 0.3) is 5.91 Å². The SMILES string of the molecule is Cc1ccc(CNC(=O)c2ccc(F)c(F)c2)cc1. The average molecular weight is 261 g/mol. The number of aryl methyl sites for hydroxylation is 1. The van der Waals surface area contributed by atoms with Crippen LogP contribution in [0.15, 0.2) is 42.5 Å². The lowest BCUT2D eigenvalue weighted by Crippen LogP contribution is -2.22. The highest BCUT2D eigenvalue weighted by molar-refractivity contribution is 5.94. The van der Waals surface area contributed by atoms with Gasteiger partial charge in [-0.05, 0) is 30.7 Å². The highest BCUT2D eigenvalue weighted by Gasteiger charge is 2.09. The Morgan fingerprint density at radius 3 is 2.37 bits per heavy atom. The molecule has 0 bridgehead atoms. The van der Waals surface area contributed by atoms with Crippen LogP contribution in [0.4, 0.5) is 8.78 Å². The third-order valence-corrected chi connectivity index (χ3v) is 2.76. The third-order valence-electron chi connectivity index (χ3n) is 2.76. The van der Waals surface area contributed by atoms with Crippen molar-refractivity contribution in [2.45, 2.75) is 13.5 Å². The molecule has 0 spiro atoms. The van der Waals surface area contributed by atoms with Crippen LogP contribution < -0.4 is 5.32 Å². The third kappa shape index (κ3) is 3.37. The summed E-state index contributed by atoms with van der Waals surface area (Å²) >= 11 is 0. The minimum atomic E-state index is -1.03. The molecule has 98 valence electrons. The van der Waals surface area contributed by atoms with Gasteiger partial charge in [-0.2, -0.15) is 0 Å². The van der Waals surface area contributed by atoms with E-state index in [-0.39, 0.29) is 5.56 Å². The quantitative estimate of drug-likeness (QED) is 0.903. The summed E-state index contributed by atoms with van der Waals surface area (Å²) in [5, 5.41) is 2.65. The Morgan fingerprint density at radius 2 is 1.74 bits per heavy atom. The van der Waals surface area contributed by atoms with E-state index < -0.39 is 17.5 Å². The average Bonchev–Trinajstić information content (AvgIpc) is 2.41. The number of carbonyl (C=O) groups excluding carboxylic acids is 1. The van der Waals surface area contributed by atoms with Gasteiger partial charge in [-0.3, -0.25) is 4.79 Å². The topological polar surface area (TPSA) is 29.1 Å². The second kappa shape index (κ2) is 5.61. The molecule has 0 radical (unpaired) electrons. The van der Waals surface area contributed by atoms with Crippen molar-refractivity contribution in [2.24, 2.45) is 0 Å². The minimum absolute atomic E-state index is 0.103. The molecular formula is C15H13F2NO. The molecule has 0 saturated heterocycles. The highest BCUT2D eigenvalue weighted by Crippen LogP contribution is 2.09. The number of benzene rings is 2. The molecule has 19 heavy (non-hydrogen) atoms. The lowest BCUT2D eigenvalue weighted by Gasteiger charge is -2.06. The van der Waals surface area contributed by atoms with Crippen molar-refractivity contribution in [1.29, 1.82) is 0 Å². The molecule has 2 nitrogen and oxygen atoms in total. The zero-order valence-electron chi connectivity index (χ0n) is 10.4. The van der Waals surface area contributed by atoms with E-state index in [1.807, 2.05) is 31.2 Å². The van der Waals surface area contributed by atoms with E-state index in [1.54, 1.807) is 0 Å². The van der Waals surface area contributed by atoms with Gasteiger partial charge in [-0.1, -0.05) is 29.8 Å². The van der Waals surface area contributed by atoms with Crippen LogP contribution in [0.1, 0.15) is 21.5 Å². The fourth-order valence-electron chi connectivity index (χ4n) is 1.63. The monoisotopic (exact) mass is 261 g/mol. The van der Waals surface area contributed by atoms with Crippen molar-refractivity contribution in [3.05, 3.63) is 70.8 Å². The van der Waals surface area contributed by atoms with Gasteiger partial charge in [0.2, 0.25) is 0 Å². The zero-order chi connectivity index (χ0) is 13.8. The first kappa shape index (κ1) is 13.2. The van der Waals surface area contributed by atoms with E-state index in [0.717, 1.165) is 23.3 Å². The molecule has 2 rings (SSSR count). The molecule has 2 aromatic carbocycles. The Labute approximate surface area is 110 Å². The number of hydrogen-bond donors (Lipinski definition) is 1. The number of rotatable bonds is 3. The molecule has 0 atom stereocenters. The predicted octanol–water partition coefficient (Wildman–Crippen LogP) is 3.20. The van der Waals surface area contributed by atoms with Gasteiger partial charge in [0.1, 0.15) is 0 Å². The van der Waals surface area contributed by atoms with E-state index in [2.05, 4.69) is 5.32 Å². The van der Waals surface area contributed by atoms with Crippen LogP contribution in [0.5, 0.6) is 0 Å². The van der Waals surface area contributed by atoms with Crippen molar-refractivity contribution in [3.63, 3.8) is 0 Å². The van der Waals surface area contributed by atoms with Gasteiger partial charge < -0.3 is 5.32 Å². The number of halogens is 2. The van der Waals surface area contributed by atoms with Crippen LogP contribution in [-0.2, 0) is 6.54 Å². The summed E-state index contributed by atoms with van der Waals surface area (Å²) in [6, 6.07) is 10.8. The summed E-state index contributed by atoms with van der Waals surface area (Å²) < 4.78 is 25.7. The Bertz CT molecular complexity index is 594. The van der Waals surface area contributed by atoms with Crippen LogP contribution >= 0.6 is 0 Å². The molecule has 0 heterocycles. The first-order chi connectivity index (χ1) is 9.06. The van der Waals surface area contributed by atoms with Crippen LogP contribution in [-0.4, -0.2) is 5.91 Å². The molecule has 2 aromatic rings. The normalized spacial score (nSPS) is 10.3. The largest absolute Gasteiger partial charge is 0.348 e. The van der Waals surface area contributed by atoms with Crippen molar-refractivity contribution in [2.75, 3.05) is 0 Å². The lowest BCUT2D eigenvalue weighted by molar-refractivity contribution is 0.0950. The first-order valence-electron chi connectivity index (χ1n) is 5.85. The van der Waals surface area contributed by atoms with Gasteiger partial charge >= 0.3 is 0 Å². The molecule has 4 heteroatoms. The Hall–Kier alpha value is -2.23. The fourth-order valence-corrected chi connectivity index (χ4v) is 1.63. The second-order valence-electron chi connectivity index (χ2n) is 4.30. The van der Waals surface area contributed by atoms with E-state index >= 15 is 0 Å². The smallest absolute Gasteiger partial charge is 0.251 e. The highest BCUT2D eigenvalue weighted by atomic mass is 19.2. The first-order valence-corrected chi connectivity index (χ1v) is 5.85. The van der Waals surface area contributed by atoms with E-state index in [0.29, 0.717) is 6.54 Å². The number of carbonyl (C=O) groups is 1. The van der Waals surface area contributed by atoms with E-state index in [1.165, 1.54) is 6.07 Å². The predicted molar refractivity (Wildman–Crippen MR) is 68.7 cm³/mol. The lowest BCUT2D eigenvalue weighted by atomic mass is 10.1. The Morgan fingerprint density at radius 1 is 1.05 bits per heavy atom. The van der Waals surface area contributed by atoms with Crippen molar-refractivity contribution >= 4 is 5.91 Å². The van der Waals surface area contributed by atoms with Crippen LogP contribution in [0, 0.1) is 18.6 Å². The summed E-state index contributed by atoms with van der Waals surface area (Å²) in [6.45, 7) is 2.32. The van der Waals surface area contributed by atoms with Gasteiger partial charge in [-0.15, -0.1) is 0 Å². The molecule has 0 aliphatic heterocycles. The number of hydrogen-bond acceptors (Lipinski definition) is 1. The molecule has 1 N–H and O–H groups in total. The maximum Gasteiger partial charge on any atom is 0.251 e. The Balaban J connectivity index is 2.01. The van der Waals surface area contributed by atoms with Crippen molar-refractivity contribution < 1.29 is 13.6 Å². The van der Waals surface area contributed by atoms with Crippen LogP contribution in [0.25, 0.3) is 0 Å². The van der Waals surface area contributed by atoms with Gasteiger partial charge in [0.15, 0.2) is 11.6 Å². The maximum absolute atomic E-state index is 13.0. The molecule has 0 aromatic heterocycles. The van der Waals surface area contributed by atoms with E-state index in [9.17, 15) is 13.6 Å². The molecule has 0 aliphatic carbocycles. The summed E-state index contributed by atoms with van der Waals surface area (Å²) in [5.41, 5.74) is 2.18. The summed E-state index contributed by atoms with van der Waals surface area (Å²) in [7, 11) is 0. The molecule has 0 unspecified atom stereocenters. The fraction of sp³-hybridized carbons (Fsp3) is 0.133. The molecule has 0 fully saturated rings. The Kier molecular flexibility index (Phi) is 3.90. The number of nitrogens with one attached hydrogen (secondary N) is 1. The molecule has 0 aliphatic rings. The molecule has 0 saturated carbocycles. The van der Waals surface area contributed by atoms with Gasteiger partial charge in [0.05, 0.1) is 0 Å². The number of amides is 1. The van der Waals surface area contributed by atoms with Crippen molar-refractivity contribution in [1.82, 2.24) is 5.32 Å². The maximum atomic E-state index is 13.0. The van der Waals surface area contributed by atoms with Crippen LogP contribution in [0.3, 0.4) is 0 Å². The van der Waals surface area contributed by atoms with Gasteiger partial charge in [-0.25, -0.2) is 8.78 Å². The zero-order valence-corrected chi connectivity index (χ0v) is 10.4. The van der Waals surface area contributed by atoms with Crippen LogP contribution in [0.2, 0.25) is 0 Å². The van der Waals surface area contributed by atoms with E-state index in [4.69, 9.17) is 0 Å². The van der Waals surface area contributed by atoms with Crippen molar-refractivity contribution in [3.8, 4) is 0 Å². The summed E-state index contributed by atoms with van der Waals surface area (Å²) in [6.07, 6.45) is 0. The standard InChI is InChI=1S/C15H13F2NO/c1-10-2-4-11(5-3-10)9-18-15(19)12-6-7-13(16)14(17)8-12/h2-8H,9H2,1H3,(H,18,19). The molecule has 1 amide bonds.